The molecule has 2 aliphatic rings. The lowest BCUT2D eigenvalue weighted by molar-refractivity contribution is -0.0859. The molecule has 0 N–H and O–H groups in total. The van der Waals surface area contributed by atoms with Crippen LogP contribution in [0.1, 0.15) is 40.1 Å². The summed E-state index contributed by atoms with van der Waals surface area (Å²) in [5.41, 5.74) is 1.63. The number of nitrogens with zero attached hydrogens (tertiary/aromatic N) is 2. The van der Waals surface area contributed by atoms with Gasteiger partial charge in [-0.05, 0) is 44.0 Å². The fraction of sp³-hybridized carbons (Fsp3) is 0.476. The van der Waals surface area contributed by atoms with E-state index in [0.29, 0.717) is 49.7 Å². The van der Waals surface area contributed by atoms with Gasteiger partial charge in [0, 0.05) is 32.5 Å². The third-order valence-corrected chi connectivity index (χ3v) is 8.09. The van der Waals surface area contributed by atoms with E-state index in [-0.39, 0.29) is 5.91 Å². The first-order valence-corrected chi connectivity index (χ1v) is 11.3. The number of hydrogen-bond donors (Lipinski definition) is 0. The molecule has 0 unspecified atom stereocenters. The maximum atomic E-state index is 13.6. The Morgan fingerprint density at radius 2 is 1.72 bits per heavy atom. The largest absolute Gasteiger partial charge is 0.459 e. The molecule has 0 saturated carbocycles. The molecule has 2 aromatic rings. The maximum absolute atomic E-state index is 13.6. The van der Waals surface area contributed by atoms with Crippen LogP contribution < -0.4 is 0 Å². The predicted octanol–water partition coefficient (Wildman–Crippen LogP) is 2.86. The van der Waals surface area contributed by atoms with E-state index in [2.05, 4.69) is 0 Å². The van der Waals surface area contributed by atoms with Crippen LogP contribution in [0.2, 0.25) is 0 Å². The summed E-state index contributed by atoms with van der Waals surface area (Å²) in [6.07, 6.45) is 2.34. The van der Waals surface area contributed by atoms with Crippen molar-refractivity contribution in [2.45, 2.75) is 44.2 Å². The fourth-order valence-corrected chi connectivity index (χ4v) is 6.77. The average Bonchev–Trinajstić information content (AvgIpc) is 3.31. The van der Waals surface area contributed by atoms with Crippen LogP contribution in [0.5, 0.6) is 0 Å². The van der Waals surface area contributed by atoms with Gasteiger partial charge in [0.05, 0.1) is 17.8 Å². The summed E-state index contributed by atoms with van der Waals surface area (Å²) in [5.74, 6) is 0.117. The van der Waals surface area contributed by atoms with Gasteiger partial charge >= 0.3 is 0 Å². The minimum absolute atomic E-state index is 0.178. The monoisotopic (exact) mass is 418 g/mol. The van der Waals surface area contributed by atoms with Crippen LogP contribution in [0.3, 0.4) is 0 Å². The summed E-state index contributed by atoms with van der Waals surface area (Å²) in [5, 5.41) is 0. The molecule has 0 bridgehead atoms. The van der Waals surface area contributed by atoms with Gasteiger partial charge in [0.15, 0.2) is 5.76 Å². The van der Waals surface area contributed by atoms with Crippen LogP contribution in [-0.4, -0.2) is 55.5 Å². The minimum atomic E-state index is -3.72. The molecule has 1 spiro atoms. The Balaban J connectivity index is 1.59. The van der Waals surface area contributed by atoms with E-state index >= 15 is 0 Å². The smallest absolute Gasteiger partial charge is 0.289 e. The molecule has 1 amide bonds. The number of aryl methyl sites for hydroxylation is 3. The van der Waals surface area contributed by atoms with E-state index < -0.39 is 15.7 Å². The number of carbonyl (C=O) groups excluding carboxylic acids is 1. The highest BCUT2D eigenvalue weighted by Crippen LogP contribution is 2.39. The molecule has 0 atom stereocenters. The molecule has 2 aliphatic heterocycles. The number of furan rings is 1. The van der Waals surface area contributed by atoms with Crippen LogP contribution in [0, 0.1) is 20.8 Å². The molecular formula is C21H26N2O5S. The summed E-state index contributed by atoms with van der Waals surface area (Å²) in [4.78, 5) is 14.6. The summed E-state index contributed by atoms with van der Waals surface area (Å²) in [6.45, 7) is 7.14. The van der Waals surface area contributed by atoms with Crippen LogP contribution >= 0.6 is 0 Å². The van der Waals surface area contributed by atoms with Crippen molar-refractivity contribution in [1.82, 2.24) is 9.21 Å². The number of sulfonamides is 1. The molecule has 7 nitrogen and oxygen atoms in total. The normalized spacial score (nSPS) is 19.8. The molecule has 4 rings (SSSR count). The number of benzene rings is 1. The Kier molecular flexibility index (Phi) is 5.04. The van der Waals surface area contributed by atoms with E-state index in [1.807, 2.05) is 32.9 Å². The van der Waals surface area contributed by atoms with E-state index in [1.165, 1.54) is 10.6 Å². The molecule has 2 fully saturated rings. The van der Waals surface area contributed by atoms with Crippen molar-refractivity contribution in [2.75, 3.05) is 26.2 Å². The van der Waals surface area contributed by atoms with Crippen LogP contribution in [0.25, 0.3) is 0 Å². The lowest BCUT2D eigenvalue weighted by Gasteiger charge is -2.42. The topological polar surface area (TPSA) is 80.1 Å². The molecule has 1 aromatic heterocycles. The molecule has 156 valence electrons. The first kappa shape index (κ1) is 20.1. The highest BCUT2D eigenvalue weighted by molar-refractivity contribution is 7.89. The molecule has 2 saturated heterocycles. The van der Waals surface area contributed by atoms with Crippen molar-refractivity contribution < 1.29 is 22.4 Å². The van der Waals surface area contributed by atoms with Crippen molar-refractivity contribution in [3.8, 4) is 0 Å². The molecular weight excluding hydrogens is 392 g/mol. The molecule has 8 heteroatoms. The van der Waals surface area contributed by atoms with Crippen LogP contribution in [-0.2, 0) is 14.8 Å². The van der Waals surface area contributed by atoms with Gasteiger partial charge in [0.1, 0.15) is 5.72 Å². The standard InChI is InChI=1S/C21H26N2O5S/c1-15-13-16(2)19(17(3)14-15)29(25,26)23-10-12-28-21(23)6-8-22(9-7-21)20(24)18-5-4-11-27-18/h4-5,11,13-14H,6-10,12H2,1-3H3. The highest BCUT2D eigenvalue weighted by atomic mass is 32.2. The first-order valence-electron chi connectivity index (χ1n) is 9.82. The molecule has 29 heavy (non-hydrogen) atoms. The van der Waals surface area contributed by atoms with Gasteiger partial charge in [-0.25, -0.2) is 8.42 Å². The molecule has 1 aromatic carbocycles. The summed E-state index contributed by atoms with van der Waals surface area (Å²) in [6, 6.07) is 7.11. The number of ether oxygens (including phenoxy) is 1. The number of amides is 1. The highest BCUT2D eigenvalue weighted by Gasteiger charge is 2.51. The van der Waals surface area contributed by atoms with E-state index in [0.717, 1.165) is 16.7 Å². The number of piperidine rings is 1. The predicted molar refractivity (Wildman–Crippen MR) is 107 cm³/mol. The second kappa shape index (κ2) is 7.27. The zero-order valence-corrected chi connectivity index (χ0v) is 17.8. The van der Waals surface area contributed by atoms with E-state index in [4.69, 9.17) is 9.15 Å². The van der Waals surface area contributed by atoms with Crippen molar-refractivity contribution in [3.63, 3.8) is 0 Å². The van der Waals surface area contributed by atoms with E-state index in [9.17, 15) is 13.2 Å². The van der Waals surface area contributed by atoms with Gasteiger partial charge in [-0.15, -0.1) is 0 Å². The third kappa shape index (κ3) is 3.39. The minimum Gasteiger partial charge on any atom is -0.459 e. The fourth-order valence-electron chi connectivity index (χ4n) is 4.63. The number of rotatable bonds is 3. The van der Waals surface area contributed by atoms with Crippen molar-refractivity contribution in [1.29, 1.82) is 0 Å². The molecule has 3 heterocycles. The maximum Gasteiger partial charge on any atom is 0.289 e. The van der Waals surface area contributed by atoms with Crippen molar-refractivity contribution in [2.24, 2.45) is 0 Å². The summed E-state index contributed by atoms with van der Waals surface area (Å²) in [7, 11) is -3.72. The summed E-state index contributed by atoms with van der Waals surface area (Å²) >= 11 is 0. The quantitative estimate of drug-likeness (QED) is 0.766. The second-order valence-electron chi connectivity index (χ2n) is 7.87. The van der Waals surface area contributed by atoms with Gasteiger partial charge in [-0.3, -0.25) is 4.79 Å². The van der Waals surface area contributed by atoms with Crippen LogP contribution in [0.4, 0.5) is 0 Å². The SMILES string of the molecule is Cc1cc(C)c(S(=O)(=O)N2CCOC23CCN(C(=O)c2ccco2)CC3)c(C)c1. The lowest BCUT2D eigenvalue weighted by atomic mass is 10.0. The van der Waals surface area contributed by atoms with E-state index in [1.54, 1.807) is 17.0 Å². The number of carbonyl (C=O) groups is 1. The lowest BCUT2D eigenvalue weighted by Crippen LogP contribution is -2.55. The van der Waals surface area contributed by atoms with Gasteiger partial charge in [-0.1, -0.05) is 17.7 Å². The Labute approximate surface area is 171 Å². The molecule has 0 aliphatic carbocycles. The average molecular weight is 419 g/mol. The Bertz CT molecular complexity index is 998. The third-order valence-electron chi connectivity index (χ3n) is 5.84. The van der Waals surface area contributed by atoms with Gasteiger partial charge < -0.3 is 14.1 Å². The summed E-state index contributed by atoms with van der Waals surface area (Å²) < 4.78 is 40.0. The Morgan fingerprint density at radius 3 is 2.31 bits per heavy atom. The zero-order chi connectivity index (χ0) is 20.8. The second-order valence-corrected chi connectivity index (χ2v) is 9.67. The Hall–Kier alpha value is -2.16. The van der Waals surface area contributed by atoms with Gasteiger partial charge in [0.2, 0.25) is 10.0 Å². The molecule has 0 radical (unpaired) electrons. The Morgan fingerprint density at radius 1 is 1.07 bits per heavy atom. The number of likely N-dealkylation sites (tertiary alicyclic amines) is 1. The van der Waals surface area contributed by atoms with Crippen molar-refractivity contribution in [3.05, 3.63) is 53.0 Å². The van der Waals surface area contributed by atoms with Gasteiger partial charge in [-0.2, -0.15) is 4.31 Å². The zero-order valence-electron chi connectivity index (χ0n) is 17.0. The number of hydrogen-bond acceptors (Lipinski definition) is 5. The van der Waals surface area contributed by atoms with Gasteiger partial charge in [0.25, 0.3) is 5.91 Å². The first-order chi connectivity index (χ1) is 13.7. The van der Waals surface area contributed by atoms with Crippen LogP contribution in [0.15, 0.2) is 39.8 Å². The van der Waals surface area contributed by atoms with Crippen molar-refractivity contribution >= 4 is 15.9 Å².